The van der Waals surface area contributed by atoms with Crippen molar-refractivity contribution in [3.63, 3.8) is 0 Å². The minimum absolute atomic E-state index is 0.610. The number of aromatic nitrogens is 1. The van der Waals surface area contributed by atoms with E-state index in [-0.39, 0.29) is 0 Å². The predicted octanol–water partition coefficient (Wildman–Crippen LogP) is 3.98. The first kappa shape index (κ1) is 10.9. The molecule has 2 nitrogen and oxygen atoms in total. The maximum atomic E-state index is 4.34. The van der Waals surface area contributed by atoms with Gasteiger partial charge in [-0.3, -0.25) is 0 Å². The number of anilines is 1. The number of rotatable bonds is 2. The molecule has 0 aliphatic heterocycles. The summed E-state index contributed by atoms with van der Waals surface area (Å²) in [5.74, 6) is 0.990. The van der Waals surface area contributed by atoms with E-state index in [1.165, 1.54) is 38.5 Å². The molecule has 0 aromatic carbocycles. The van der Waals surface area contributed by atoms with E-state index < -0.39 is 0 Å². The lowest BCUT2D eigenvalue weighted by molar-refractivity contribution is 0.617. The van der Waals surface area contributed by atoms with Gasteiger partial charge >= 0.3 is 0 Å². The van der Waals surface area contributed by atoms with Gasteiger partial charge in [-0.05, 0) is 40.9 Å². The number of hydrogen-bond donors (Lipinski definition) is 1. The smallest absolute Gasteiger partial charge is 0.140 e. The molecule has 1 N–H and O–H groups in total. The van der Waals surface area contributed by atoms with Gasteiger partial charge in [-0.15, -0.1) is 0 Å². The molecule has 1 aromatic heterocycles. The van der Waals surface area contributed by atoms with Gasteiger partial charge in [0.2, 0.25) is 0 Å². The molecule has 1 saturated carbocycles. The summed E-state index contributed by atoms with van der Waals surface area (Å²) in [6, 6.07) is 4.59. The van der Waals surface area contributed by atoms with E-state index in [2.05, 4.69) is 26.2 Å². The fourth-order valence-corrected chi connectivity index (χ4v) is 2.48. The van der Waals surface area contributed by atoms with Crippen molar-refractivity contribution in [2.24, 2.45) is 0 Å². The van der Waals surface area contributed by atoms with E-state index in [1.54, 1.807) is 0 Å². The summed E-state index contributed by atoms with van der Waals surface area (Å²) in [4.78, 5) is 4.34. The highest BCUT2D eigenvalue weighted by Crippen LogP contribution is 2.24. The second-order valence-electron chi connectivity index (χ2n) is 4.17. The first-order chi connectivity index (χ1) is 7.36. The van der Waals surface area contributed by atoms with Crippen LogP contribution in [0.25, 0.3) is 0 Å². The zero-order valence-electron chi connectivity index (χ0n) is 8.88. The SMILES string of the molecule is Brc1cccnc1NC1CCCCCC1. The molecule has 0 atom stereocenters. The molecular weight excluding hydrogens is 252 g/mol. The van der Waals surface area contributed by atoms with E-state index >= 15 is 0 Å². The molecule has 1 aromatic rings. The van der Waals surface area contributed by atoms with Crippen molar-refractivity contribution in [3.05, 3.63) is 22.8 Å². The summed E-state index contributed by atoms with van der Waals surface area (Å²) in [6.45, 7) is 0. The lowest BCUT2D eigenvalue weighted by Gasteiger charge is -2.17. The summed E-state index contributed by atoms with van der Waals surface area (Å²) < 4.78 is 1.06. The summed E-state index contributed by atoms with van der Waals surface area (Å²) in [5.41, 5.74) is 0. The third kappa shape index (κ3) is 3.20. The van der Waals surface area contributed by atoms with Gasteiger partial charge < -0.3 is 5.32 Å². The van der Waals surface area contributed by atoms with Crippen molar-refractivity contribution in [1.29, 1.82) is 0 Å². The van der Waals surface area contributed by atoms with Crippen LogP contribution in [0.15, 0.2) is 22.8 Å². The van der Waals surface area contributed by atoms with Gasteiger partial charge in [0.05, 0.1) is 4.47 Å². The molecule has 0 saturated heterocycles. The molecule has 0 amide bonds. The minimum atomic E-state index is 0.610. The van der Waals surface area contributed by atoms with Gasteiger partial charge in [-0.1, -0.05) is 25.7 Å². The lowest BCUT2D eigenvalue weighted by Crippen LogP contribution is -2.19. The first-order valence-corrected chi connectivity index (χ1v) is 6.52. The largest absolute Gasteiger partial charge is 0.366 e. The van der Waals surface area contributed by atoms with Crippen molar-refractivity contribution >= 4 is 21.7 Å². The molecule has 0 unspecified atom stereocenters. The van der Waals surface area contributed by atoms with Crippen molar-refractivity contribution in [2.45, 2.75) is 44.6 Å². The van der Waals surface area contributed by atoms with E-state index in [0.29, 0.717) is 6.04 Å². The average molecular weight is 269 g/mol. The van der Waals surface area contributed by atoms with Crippen LogP contribution in [-0.2, 0) is 0 Å². The highest BCUT2D eigenvalue weighted by Gasteiger charge is 2.13. The van der Waals surface area contributed by atoms with Crippen LogP contribution in [-0.4, -0.2) is 11.0 Å². The van der Waals surface area contributed by atoms with Crippen molar-refractivity contribution in [2.75, 3.05) is 5.32 Å². The lowest BCUT2D eigenvalue weighted by atomic mass is 10.1. The average Bonchev–Trinajstić information content (AvgIpc) is 2.50. The zero-order chi connectivity index (χ0) is 10.5. The van der Waals surface area contributed by atoms with Crippen LogP contribution in [0.1, 0.15) is 38.5 Å². The van der Waals surface area contributed by atoms with E-state index in [0.717, 1.165) is 10.3 Å². The first-order valence-electron chi connectivity index (χ1n) is 5.73. The Morgan fingerprint density at radius 1 is 1.20 bits per heavy atom. The molecule has 1 aliphatic carbocycles. The molecule has 1 fully saturated rings. The van der Waals surface area contributed by atoms with Crippen molar-refractivity contribution in [1.82, 2.24) is 4.98 Å². The third-order valence-corrected chi connectivity index (χ3v) is 3.59. The number of halogens is 1. The highest BCUT2D eigenvalue weighted by atomic mass is 79.9. The summed E-state index contributed by atoms with van der Waals surface area (Å²) >= 11 is 3.52. The van der Waals surface area contributed by atoms with Crippen LogP contribution in [0, 0.1) is 0 Å². The molecular formula is C12H17BrN2. The second-order valence-corrected chi connectivity index (χ2v) is 5.02. The van der Waals surface area contributed by atoms with E-state index in [1.807, 2.05) is 18.3 Å². The number of nitrogens with zero attached hydrogens (tertiary/aromatic N) is 1. The molecule has 1 aliphatic rings. The Hall–Kier alpha value is -0.570. The monoisotopic (exact) mass is 268 g/mol. The Balaban J connectivity index is 1.98. The van der Waals surface area contributed by atoms with Crippen LogP contribution in [0.4, 0.5) is 5.82 Å². The van der Waals surface area contributed by atoms with Crippen LogP contribution >= 0.6 is 15.9 Å². The Morgan fingerprint density at radius 2 is 1.93 bits per heavy atom. The van der Waals surface area contributed by atoms with Crippen LogP contribution < -0.4 is 5.32 Å². The Kier molecular flexibility index (Phi) is 4.01. The van der Waals surface area contributed by atoms with Gasteiger partial charge in [0.25, 0.3) is 0 Å². The summed E-state index contributed by atoms with van der Waals surface area (Å²) in [7, 11) is 0. The Bertz CT molecular complexity index is 306. The van der Waals surface area contributed by atoms with E-state index in [4.69, 9.17) is 0 Å². The molecule has 2 rings (SSSR count). The van der Waals surface area contributed by atoms with Crippen LogP contribution in [0.5, 0.6) is 0 Å². The standard InChI is InChI=1S/C12H17BrN2/c13-11-8-5-9-14-12(11)15-10-6-3-1-2-4-7-10/h5,8-10H,1-4,6-7H2,(H,14,15). The van der Waals surface area contributed by atoms with Crippen molar-refractivity contribution < 1.29 is 0 Å². The second kappa shape index (κ2) is 5.50. The fourth-order valence-electron chi connectivity index (χ4n) is 2.11. The van der Waals surface area contributed by atoms with Gasteiger partial charge in [-0.25, -0.2) is 4.98 Å². The van der Waals surface area contributed by atoms with Crippen LogP contribution in [0.3, 0.4) is 0 Å². The Morgan fingerprint density at radius 3 is 2.60 bits per heavy atom. The molecule has 1 heterocycles. The molecule has 3 heteroatoms. The van der Waals surface area contributed by atoms with Gasteiger partial charge in [0.1, 0.15) is 5.82 Å². The molecule has 0 radical (unpaired) electrons. The fraction of sp³-hybridized carbons (Fsp3) is 0.583. The maximum Gasteiger partial charge on any atom is 0.140 e. The molecule has 0 bridgehead atoms. The van der Waals surface area contributed by atoms with E-state index in [9.17, 15) is 0 Å². The summed E-state index contributed by atoms with van der Waals surface area (Å²) in [5, 5.41) is 3.53. The number of nitrogens with one attached hydrogen (secondary N) is 1. The number of hydrogen-bond acceptors (Lipinski definition) is 2. The number of pyridine rings is 1. The predicted molar refractivity (Wildman–Crippen MR) is 67.0 cm³/mol. The van der Waals surface area contributed by atoms with Gasteiger partial charge in [0.15, 0.2) is 0 Å². The normalized spacial score (nSPS) is 18.5. The van der Waals surface area contributed by atoms with Crippen LogP contribution in [0.2, 0.25) is 0 Å². The summed E-state index contributed by atoms with van der Waals surface area (Å²) in [6.07, 6.45) is 9.88. The zero-order valence-corrected chi connectivity index (χ0v) is 10.5. The molecule has 0 spiro atoms. The topological polar surface area (TPSA) is 24.9 Å². The maximum absolute atomic E-state index is 4.34. The molecule has 82 valence electrons. The van der Waals surface area contributed by atoms with Crippen molar-refractivity contribution in [3.8, 4) is 0 Å². The molecule has 15 heavy (non-hydrogen) atoms. The highest BCUT2D eigenvalue weighted by molar-refractivity contribution is 9.10. The van der Waals surface area contributed by atoms with Gasteiger partial charge in [0, 0.05) is 12.2 Å². The Labute approximate surface area is 99.6 Å². The quantitative estimate of drug-likeness (QED) is 0.821. The minimum Gasteiger partial charge on any atom is -0.366 e. The third-order valence-electron chi connectivity index (χ3n) is 2.95. The van der Waals surface area contributed by atoms with Gasteiger partial charge in [-0.2, -0.15) is 0 Å².